The number of rotatable bonds is 9. The zero-order valence-corrected chi connectivity index (χ0v) is 18.9. The van der Waals surface area contributed by atoms with Gasteiger partial charge in [-0.15, -0.1) is 0 Å². The summed E-state index contributed by atoms with van der Waals surface area (Å²) < 4.78 is 2.02. The lowest BCUT2D eigenvalue weighted by molar-refractivity contribution is -0.133. The molecule has 0 unspecified atom stereocenters. The fraction of sp³-hybridized carbons (Fsp3) is 0.455. The highest BCUT2D eigenvalue weighted by molar-refractivity contribution is 6.39. The number of aromatic nitrogens is 1. The van der Waals surface area contributed by atoms with Crippen LogP contribution in [0.15, 0.2) is 36.5 Å². The summed E-state index contributed by atoms with van der Waals surface area (Å²) in [5.74, 6) is -0.0461. The van der Waals surface area contributed by atoms with E-state index in [0.29, 0.717) is 28.8 Å². The number of hydrogen-bond acceptors (Lipinski definition) is 2. The second kappa shape index (κ2) is 10.2. The number of hydrogen-bond donors (Lipinski definition) is 1. The third-order valence-electron chi connectivity index (χ3n) is 5.28. The van der Waals surface area contributed by atoms with Crippen molar-refractivity contribution >= 4 is 40.8 Å². The molecule has 1 aliphatic carbocycles. The van der Waals surface area contributed by atoms with Crippen LogP contribution in [0.3, 0.4) is 0 Å². The molecule has 0 aliphatic heterocycles. The largest absolute Gasteiger partial charge is 0.353 e. The fourth-order valence-electron chi connectivity index (χ4n) is 3.30. The topological polar surface area (TPSA) is 57.6 Å². The van der Waals surface area contributed by atoms with Gasteiger partial charge in [0.1, 0.15) is 6.54 Å². The summed E-state index contributed by atoms with van der Waals surface area (Å²) >= 11 is 12.4. The smallest absolute Gasteiger partial charge is 0.322 e. The van der Waals surface area contributed by atoms with Crippen molar-refractivity contribution in [2.45, 2.75) is 45.2 Å². The quantitative estimate of drug-likeness (QED) is 0.573. The number of carbonyl (C=O) groups is 2. The molecule has 1 aromatic carbocycles. The van der Waals surface area contributed by atoms with E-state index in [4.69, 9.17) is 23.2 Å². The summed E-state index contributed by atoms with van der Waals surface area (Å²) in [6.45, 7) is 3.11. The first-order valence-corrected chi connectivity index (χ1v) is 11.1. The molecule has 6 nitrogen and oxygen atoms in total. The Balaban J connectivity index is 1.71. The minimum Gasteiger partial charge on any atom is -0.353 e. The Hall–Kier alpha value is -2.18. The SMILES string of the molecule is CCCCN(CC(=O)N(Cc1cccn1C)C1CC1)C(=O)Nc1c(Cl)cccc1Cl. The van der Waals surface area contributed by atoms with Crippen molar-refractivity contribution in [1.29, 1.82) is 0 Å². The van der Waals surface area contributed by atoms with Crippen LogP contribution in [0.5, 0.6) is 0 Å². The van der Waals surface area contributed by atoms with Gasteiger partial charge in [-0.25, -0.2) is 4.79 Å². The summed E-state index contributed by atoms with van der Waals surface area (Å²) in [5.41, 5.74) is 1.44. The highest BCUT2D eigenvalue weighted by Crippen LogP contribution is 2.31. The minimum absolute atomic E-state index is 0.0226. The highest BCUT2D eigenvalue weighted by atomic mass is 35.5. The number of para-hydroxylation sites is 1. The summed E-state index contributed by atoms with van der Waals surface area (Å²) in [6, 6.07) is 8.92. The summed E-state index contributed by atoms with van der Waals surface area (Å²) in [7, 11) is 1.97. The van der Waals surface area contributed by atoms with Gasteiger partial charge < -0.3 is 19.7 Å². The average Bonchev–Trinajstić information content (AvgIpc) is 3.47. The number of anilines is 1. The standard InChI is InChI=1S/C22H28Cl2N4O2/c1-3-4-13-27(22(30)25-21-18(23)8-5-9-19(21)24)15-20(29)28(16-10-11-16)14-17-7-6-12-26(17)2/h5-9,12,16H,3-4,10-11,13-15H2,1-2H3,(H,25,30). The molecule has 3 amide bonds. The molecule has 1 aliphatic rings. The zero-order chi connectivity index (χ0) is 21.7. The van der Waals surface area contributed by atoms with E-state index in [1.165, 1.54) is 0 Å². The number of unbranched alkanes of at least 4 members (excludes halogenated alkanes) is 1. The molecule has 1 N–H and O–H groups in total. The number of urea groups is 1. The Morgan fingerprint density at radius 2 is 1.87 bits per heavy atom. The van der Waals surface area contributed by atoms with Gasteiger partial charge in [0.2, 0.25) is 5.91 Å². The van der Waals surface area contributed by atoms with Gasteiger partial charge in [0.15, 0.2) is 0 Å². The average molecular weight is 451 g/mol. The van der Waals surface area contributed by atoms with Gasteiger partial charge in [0.25, 0.3) is 0 Å². The molecule has 162 valence electrons. The monoisotopic (exact) mass is 450 g/mol. The minimum atomic E-state index is -0.374. The Labute approximate surface area is 187 Å². The van der Waals surface area contributed by atoms with Crippen LogP contribution in [-0.4, -0.2) is 45.4 Å². The van der Waals surface area contributed by atoms with Gasteiger partial charge in [0.05, 0.1) is 22.3 Å². The number of nitrogens with one attached hydrogen (secondary N) is 1. The molecule has 3 rings (SSSR count). The van der Waals surface area contributed by atoms with E-state index < -0.39 is 0 Å². The van der Waals surface area contributed by atoms with Crippen LogP contribution in [0.4, 0.5) is 10.5 Å². The molecule has 0 saturated heterocycles. The van der Waals surface area contributed by atoms with Crippen molar-refractivity contribution in [3.05, 3.63) is 52.3 Å². The number of carbonyl (C=O) groups excluding carboxylic acids is 2. The summed E-state index contributed by atoms with van der Waals surface area (Å²) in [4.78, 5) is 29.6. The maximum absolute atomic E-state index is 13.2. The highest BCUT2D eigenvalue weighted by Gasteiger charge is 2.34. The van der Waals surface area contributed by atoms with E-state index in [1.807, 2.05) is 34.8 Å². The molecule has 1 fully saturated rings. The lowest BCUT2D eigenvalue weighted by Gasteiger charge is -2.28. The van der Waals surface area contributed by atoms with E-state index in [1.54, 1.807) is 23.1 Å². The molecule has 2 aromatic rings. The Morgan fingerprint density at radius 1 is 1.17 bits per heavy atom. The fourth-order valence-corrected chi connectivity index (χ4v) is 3.79. The first-order valence-electron chi connectivity index (χ1n) is 10.3. The lowest BCUT2D eigenvalue weighted by atomic mass is 10.3. The Morgan fingerprint density at radius 3 is 2.43 bits per heavy atom. The van der Waals surface area contributed by atoms with Crippen molar-refractivity contribution in [2.24, 2.45) is 7.05 Å². The number of halogens is 2. The normalized spacial score (nSPS) is 13.2. The number of amides is 3. The number of nitrogens with zero attached hydrogens (tertiary/aromatic N) is 3. The van der Waals surface area contributed by atoms with Crippen LogP contribution >= 0.6 is 23.2 Å². The van der Waals surface area contributed by atoms with Crippen LogP contribution in [0.2, 0.25) is 10.0 Å². The van der Waals surface area contributed by atoms with Crippen molar-refractivity contribution in [2.75, 3.05) is 18.4 Å². The van der Waals surface area contributed by atoms with Gasteiger partial charge in [-0.05, 0) is 43.5 Å². The van der Waals surface area contributed by atoms with Crippen molar-refractivity contribution < 1.29 is 9.59 Å². The lowest BCUT2D eigenvalue weighted by Crippen LogP contribution is -2.45. The number of benzene rings is 1. The van der Waals surface area contributed by atoms with E-state index in [0.717, 1.165) is 31.4 Å². The van der Waals surface area contributed by atoms with E-state index >= 15 is 0 Å². The molecule has 8 heteroatoms. The molecule has 0 bridgehead atoms. The van der Waals surface area contributed by atoms with Gasteiger partial charge >= 0.3 is 6.03 Å². The Kier molecular flexibility index (Phi) is 7.67. The van der Waals surface area contributed by atoms with Crippen molar-refractivity contribution in [3.8, 4) is 0 Å². The summed E-state index contributed by atoms with van der Waals surface area (Å²) in [6.07, 6.45) is 5.71. The second-order valence-electron chi connectivity index (χ2n) is 7.67. The van der Waals surface area contributed by atoms with E-state index in [9.17, 15) is 9.59 Å². The summed E-state index contributed by atoms with van der Waals surface area (Å²) in [5, 5.41) is 3.50. The molecule has 0 atom stereocenters. The Bertz CT molecular complexity index is 875. The van der Waals surface area contributed by atoms with Crippen LogP contribution in [0, 0.1) is 0 Å². The van der Waals surface area contributed by atoms with Crippen LogP contribution in [0.25, 0.3) is 0 Å². The van der Waals surface area contributed by atoms with E-state index in [-0.39, 0.29) is 24.5 Å². The predicted molar refractivity (Wildman–Crippen MR) is 121 cm³/mol. The number of aryl methyl sites for hydroxylation is 1. The van der Waals surface area contributed by atoms with Crippen LogP contribution in [-0.2, 0) is 18.4 Å². The maximum Gasteiger partial charge on any atom is 0.322 e. The van der Waals surface area contributed by atoms with Crippen LogP contribution < -0.4 is 5.32 Å². The first kappa shape index (κ1) is 22.5. The van der Waals surface area contributed by atoms with Crippen molar-refractivity contribution in [1.82, 2.24) is 14.4 Å². The van der Waals surface area contributed by atoms with Gasteiger partial charge in [-0.2, -0.15) is 0 Å². The molecular weight excluding hydrogens is 423 g/mol. The molecule has 1 aromatic heterocycles. The molecule has 1 heterocycles. The molecule has 30 heavy (non-hydrogen) atoms. The second-order valence-corrected chi connectivity index (χ2v) is 8.48. The molecule has 0 spiro atoms. The predicted octanol–water partition coefficient (Wildman–Crippen LogP) is 5.16. The maximum atomic E-state index is 13.2. The molecular formula is C22H28Cl2N4O2. The third kappa shape index (κ3) is 5.70. The molecule has 0 radical (unpaired) electrons. The van der Waals surface area contributed by atoms with Crippen molar-refractivity contribution in [3.63, 3.8) is 0 Å². The zero-order valence-electron chi connectivity index (χ0n) is 17.4. The van der Waals surface area contributed by atoms with Gasteiger partial charge in [-0.3, -0.25) is 4.79 Å². The van der Waals surface area contributed by atoms with Crippen LogP contribution in [0.1, 0.15) is 38.3 Å². The first-order chi connectivity index (χ1) is 14.4. The molecule has 1 saturated carbocycles. The van der Waals surface area contributed by atoms with E-state index in [2.05, 4.69) is 12.2 Å². The third-order valence-corrected chi connectivity index (χ3v) is 5.91. The van der Waals surface area contributed by atoms with Gasteiger partial charge in [0, 0.05) is 31.5 Å². The van der Waals surface area contributed by atoms with Gasteiger partial charge in [-0.1, -0.05) is 42.6 Å².